The van der Waals surface area contributed by atoms with E-state index in [1.807, 2.05) is 12.1 Å². The van der Waals surface area contributed by atoms with E-state index in [0.29, 0.717) is 23.7 Å². The van der Waals surface area contributed by atoms with Crippen molar-refractivity contribution in [1.82, 2.24) is 0 Å². The van der Waals surface area contributed by atoms with Gasteiger partial charge in [-0.05, 0) is 48.9 Å². The van der Waals surface area contributed by atoms with Gasteiger partial charge in [-0.3, -0.25) is 4.79 Å². The van der Waals surface area contributed by atoms with E-state index < -0.39 is 6.04 Å². The van der Waals surface area contributed by atoms with Crippen molar-refractivity contribution in [3.8, 4) is 11.5 Å². The Morgan fingerprint density at radius 2 is 1.91 bits per heavy atom. The largest absolute Gasteiger partial charge is 0.454 e. The van der Waals surface area contributed by atoms with E-state index in [0.717, 1.165) is 5.56 Å². The molecule has 1 aliphatic rings. The molecule has 2 aromatic rings. The van der Waals surface area contributed by atoms with Gasteiger partial charge < -0.3 is 20.1 Å². The highest BCUT2D eigenvalue weighted by molar-refractivity contribution is 5.96. The highest BCUT2D eigenvalue weighted by Crippen LogP contribution is 2.33. The van der Waals surface area contributed by atoms with Crippen LogP contribution in [0.1, 0.15) is 12.5 Å². The summed E-state index contributed by atoms with van der Waals surface area (Å²) in [5.41, 5.74) is 7.20. The van der Waals surface area contributed by atoms with Crippen LogP contribution in [-0.2, 0) is 11.3 Å². The predicted octanol–water partition coefficient (Wildman–Crippen LogP) is 2.43. The minimum absolute atomic E-state index is 0.194. The lowest BCUT2D eigenvalue weighted by Gasteiger charge is -2.25. The highest BCUT2D eigenvalue weighted by Gasteiger charge is 2.21. The van der Waals surface area contributed by atoms with Gasteiger partial charge >= 0.3 is 0 Å². The molecule has 0 spiro atoms. The van der Waals surface area contributed by atoms with Crippen molar-refractivity contribution in [1.29, 1.82) is 0 Å². The van der Waals surface area contributed by atoms with Crippen LogP contribution < -0.4 is 20.1 Å². The van der Waals surface area contributed by atoms with Gasteiger partial charge in [0.15, 0.2) is 11.5 Å². The predicted molar refractivity (Wildman–Crippen MR) is 83.8 cm³/mol. The van der Waals surface area contributed by atoms with E-state index >= 15 is 0 Å². The number of fused-ring (bicyclic) bond motifs is 1. The Hall–Kier alpha value is -2.60. The Morgan fingerprint density at radius 3 is 2.61 bits per heavy atom. The monoisotopic (exact) mass is 316 g/mol. The number of rotatable bonds is 4. The summed E-state index contributed by atoms with van der Waals surface area (Å²) in [5, 5.41) is 0. The normalized spacial score (nSPS) is 13.7. The summed E-state index contributed by atoms with van der Waals surface area (Å²) in [6.07, 6.45) is 0. The van der Waals surface area contributed by atoms with Crippen molar-refractivity contribution in [2.24, 2.45) is 5.73 Å². The second kappa shape index (κ2) is 6.26. The van der Waals surface area contributed by atoms with Crippen LogP contribution in [0.2, 0.25) is 0 Å². The van der Waals surface area contributed by atoms with Crippen LogP contribution in [0.4, 0.5) is 10.1 Å². The zero-order valence-corrected chi connectivity index (χ0v) is 12.7. The minimum atomic E-state index is -0.658. The first-order valence-electron chi connectivity index (χ1n) is 7.25. The summed E-state index contributed by atoms with van der Waals surface area (Å²) in [6.45, 7) is 2.13. The Labute approximate surface area is 133 Å². The lowest BCUT2D eigenvalue weighted by molar-refractivity contribution is -0.119. The van der Waals surface area contributed by atoms with Crippen LogP contribution in [0.5, 0.6) is 11.5 Å². The van der Waals surface area contributed by atoms with Crippen molar-refractivity contribution < 1.29 is 18.7 Å². The molecule has 2 aromatic carbocycles. The summed E-state index contributed by atoms with van der Waals surface area (Å²) in [7, 11) is 0. The molecule has 3 rings (SSSR count). The van der Waals surface area contributed by atoms with E-state index in [1.165, 1.54) is 17.0 Å². The van der Waals surface area contributed by atoms with Gasteiger partial charge in [-0.1, -0.05) is 6.07 Å². The van der Waals surface area contributed by atoms with E-state index in [2.05, 4.69) is 0 Å². The zero-order chi connectivity index (χ0) is 16.4. The molecule has 1 heterocycles. The summed E-state index contributed by atoms with van der Waals surface area (Å²) in [5.74, 6) is 0.731. The first-order valence-corrected chi connectivity index (χ1v) is 7.25. The summed E-state index contributed by atoms with van der Waals surface area (Å²) in [4.78, 5) is 13.9. The maximum atomic E-state index is 13.1. The number of amides is 1. The van der Waals surface area contributed by atoms with Crippen molar-refractivity contribution in [3.05, 3.63) is 53.8 Å². The SMILES string of the molecule is C[C@H](N)C(=O)N(Cc1ccc2c(c1)OCO2)c1ccc(F)cc1. The molecule has 1 aliphatic heterocycles. The third-order valence-electron chi connectivity index (χ3n) is 3.57. The molecule has 23 heavy (non-hydrogen) atoms. The smallest absolute Gasteiger partial charge is 0.243 e. The fourth-order valence-electron chi connectivity index (χ4n) is 2.39. The molecule has 2 N–H and O–H groups in total. The van der Waals surface area contributed by atoms with Crippen LogP contribution in [-0.4, -0.2) is 18.7 Å². The lowest BCUT2D eigenvalue weighted by Crippen LogP contribution is -2.41. The molecular formula is C17H17FN2O3. The quantitative estimate of drug-likeness (QED) is 0.941. The average Bonchev–Trinajstić information content (AvgIpc) is 3.00. The van der Waals surface area contributed by atoms with Crippen molar-refractivity contribution >= 4 is 11.6 Å². The van der Waals surface area contributed by atoms with Crippen LogP contribution >= 0.6 is 0 Å². The molecule has 0 fully saturated rings. The van der Waals surface area contributed by atoms with Crippen LogP contribution in [0, 0.1) is 5.82 Å². The van der Waals surface area contributed by atoms with E-state index in [1.54, 1.807) is 25.1 Å². The van der Waals surface area contributed by atoms with Crippen molar-refractivity contribution in [3.63, 3.8) is 0 Å². The fourth-order valence-corrected chi connectivity index (χ4v) is 2.39. The Bertz CT molecular complexity index is 716. The third-order valence-corrected chi connectivity index (χ3v) is 3.57. The topological polar surface area (TPSA) is 64.8 Å². The van der Waals surface area contributed by atoms with Gasteiger partial charge in [-0.25, -0.2) is 4.39 Å². The molecule has 1 atom stereocenters. The number of hydrogen-bond acceptors (Lipinski definition) is 4. The molecule has 1 amide bonds. The maximum absolute atomic E-state index is 13.1. The molecule has 120 valence electrons. The standard InChI is InChI=1S/C17H17FN2O3/c1-11(19)17(21)20(14-5-3-13(18)4-6-14)9-12-2-7-15-16(8-12)23-10-22-15/h2-8,11H,9-10,19H2,1H3/t11-/m0/s1. The van der Waals surface area contributed by atoms with Gasteiger partial charge in [-0.15, -0.1) is 0 Å². The molecular weight excluding hydrogens is 299 g/mol. The number of nitrogens with two attached hydrogens (primary N) is 1. The van der Waals surface area contributed by atoms with Crippen LogP contribution in [0.15, 0.2) is 42.5 Å². The average molecular weight is 316 g/mol. The van der Waals surface area contributed by atoms with Gasteiger partial charge in [0.2, 0.25) is 12.7 Å². The molecule has 0 saturated heterocycles. The molecule has 5 nitrogen and oxygen atoms in total. The number of carbonyl (C=O) groups excluding carboxylic acids is 1. The number of carbonyl (C=O) groups is 1. The fraction of sp³-hybridized carbons (Fsp3) is 0.235. The molecule has 6 heteroatoms. The number of benzene rings is 2. The van der Waals surface area contributed by atoms with E-state index in [9.17, 15) is 9.18 Å². The second-order valence-electron chi connectivity index (χ2n) is 5.38. The number of hydrogen-bond donors (Lipinski definition) is 1. The zero-order valence-electron chi connectivity index (χ0n) is 12.7. The molecule has 0 saturated carbocycles. The van der Waals surface area contributed by atoms with Crippen LogP contribution in [0.25, 0.3) is 0 Å². The van der Waals surface area contributed by atoms with Gasteiger partial charge in [0.25, 0.3) is 0 Å². The van der Waals surface area contributed by atoms with Crippen LogP contribution in [0.3, 0.4) is 0 Å². The minimum Gasteiger partial charge on any atom is -0.454 e. The molecule has 0 unspecified atom stereocenters. The van der Waals surface area contributed by atoms with Gasteiger partial charge in [0.05, 0.1) is 12.6 Å². The van der Waals surface area contributed by atoms with E-state index in [4.69, 9.17) is 15.2 Å². The lowest BCUT2D eigenvalue weighted by atomic mass is 10.1. The second-order valence-corrected chi connectivity index (χ2v) is 5.38. The summed E-state index contributed by atoms with van der Waals surface area (Å²) >= 11 is 0. The van der Waals surface area contributed by atoms with Gasteiger partial charge in [-0.2, -0.15) is 0 Å². The molecule has 0 aromatic heterocycles. The molecule has 0 bridgehead atoms. The Kier molecular flexibility index (Phi) is 4.16. The number of halogens is 1. The van der Waals surface area contributed by atoms with Gasteiger partial charge in [0, 0.05) is 5.69 Å². The Morgan fingerprint density at radius 1 is 1.22 bits per heavy atom. The number of nitrogens with zero attached hydrogens (tertiary/aromatic N) is 1. The Balaban J connectivity index is 1.89. The number of anilines is 1. The molecule has 0 aliphatic carbocycles. The first kappa shape index (κ1) is 15.3. The maximum Gasteiger partial charge on any atom is 0.243 e. The number of ether oxygens (including phenoxy) is 2. The third kappa shape index (κ3) is 3.27. The van der Waals surface area contributed by atoms with Crippen molar-refractivity contribution in [2.45, 2.75) is 19.5 Å². The summed E-state index contributed by atoms with van der Waals surface area (Å²) in [6, 6.07) is 10.6. The van der Waals surface area contributed by atoms with E-state index in [-0.39, 0.29) is 18.5 Å². The summed E-state index contributed by atoms with van der Waals surface area (Å²) < 4.78 is 23.8. The van der Waals surface area contributed by atoms with Gasteiger partial charge in [0.1, 0.15) is 5.82 Å². The first-order chi connectivity index (χ1) is 11.0. The van der Waals surface area contributed by atoms with Crippen molar-refractivity contribution in [2.75, 3.05) is 11.7 Å². The highest BCUT2D eigenvalue weighted by atomic mass is 19.1. The molecule has 0 radical (unpaired) electrons.